The van der Waals surface area contributed by atoms with E-state index in [2.05, 4.69) is 10.3 Å². The quantitative estimate of drug-likeness (QED) is 0.289. The van der Waals surface area contributed by atoms with Crippen LogP contribution in [0.4, 0.5) is 28.9 Å². The predicted molar refractivity (Wildman–Crippen MR) is 144 cm³/mol. The lowest BCUT2D eigenvalue weighted by atomic mass is 9.74. The van der Waals surface area contributed by atoms with Crippen LogP contribution < -0.4 is 15.1 Å². The average molecular weight is 570 g/mol. The van der Waals surface area contributed by atoms with E-state index in [9.17, 15) is 22.8 Å². The number of anilines is 2. The van der Waals surface area contributed by atoms with Crippen molar-refractivity contribution in [3.63, 3.8) is 0 Å². The van der Waals surface area contributed by atoms with Crippen LogP contribution >= 0.6 is 12.2 Å². The summed E-state index contributed by atoms with van der Waals surface area (Å²) in [7, 11) is 1.30. The molecule has 1 aliphatic rings. The highest BCUT2D eigenvalue weighted by molar-refractivity contribution is 7.79. The van der Waals surface area contributed by atoms with E-state index in [0.29, 0.717) is 25.3 Å². The molecule has 1 aromatic heterocycles. The summed E-state index contributed by atoms with van der Waals surface area (Å²) >= 11 is 5.18. The zero-order valence-electron chi connectivity index (χ0n) is 21.2. The largest absolute Gasteiger partial charge is 0.419 e. The number of nitrogens with zero attached hydrogens (tertiary/aromatic N) is 4. The van der Waals surface area contributed by atoms with E-state index in [1.54, 1.807) is 0 Å². The molecule has 1 N–H and O–H groups in total. The molecule has 1 fully saturated rings. The van der Waals surface area contributed by atoms with Crippen LogP contribution in [0.5, 0.6) is 0 Å². The number of hydrogen-bond donors (Lipinski definition) is 1. The Hall–Kier alpha value is -4.37. The second-order valence-corrected chi connectivity index (χ2v) is 9.47. The fourth-order valence-corrected chi connectivity index (χ4v) is 4.89. The lowest BCUT2D eigenvalue weighted by Crippen LogP contribution is -2.63. The van der Waals surface area contributed by atoms with Gasteiger partial charge < -0.3 is 15.1 Å². The minimum atomic E-state index is -4.85. The highest BCUT2D eigenvalue weighted by atomic mass is 32.1. The second kappa shape index (κ2) is 11.4. The first kappa shape index (κ1) is 28.6. The number of nitrogens with one attached hydrogen (secondary N) is 1. The van der Waals surface area contributed by atoms with E-state index in [4.69, 9.17) is 17.5 Å². The highest BCUT2D eigenvalue weighted by Gasteiger charge is 2.51. The summed E-state index contributed by atoms with van der Waals surface area (Å²) in [6.07, 6.45) is -2.59. The number of amides is 2. The number of carbonyl (C=O) groups is 2. The van der Waals surface area contributed by atoms with Crippen LogP contribution in [0, 0.1) is 17.1 Å². The van der Waals surface area contributed by atoms with Gasteiger partial charge >= 0.3 is 6.18 Å². The number of rotatable bonds is 8. The maximum absolute atomic E-state index is 15.1. The van der Waals surface area contributed by atoms with Gasteiger partial charge in [-0.05, 0) is 49.1 Å². The lowest BCUT2D eigenvalue weighted by Gasteiger charge is -2.49. The van der Waals surface area contributed by atoms with Gasteiger partial charge in [-0.25, -0.2) is 9.37 Å². The molecule has 1 aliphatic carbocycles. The summed E-state index contributed by atoms with van der Waals surface area (Å²) in [6, 6.07) is 15.1. The molecule has 0 spiro atoms. The number of hydrogen-bond acceptors (Lipinski definition) is 5. The van der Waals surface area contributed by atoms with Gasteiger partial charge in [0.05, 0.1) is 28.5 Å². The van der Waals surface area contributed by atoms with Crippen molar-refractivity contribution in [3.8, 4) is 6.07 Å². The van der Waals surface area contributed by atoms with E-state index in [0.717, 1.165) is 22.7 Å². The van der Waals surface area contributed by atoms with E-state index in [-0.39, 0.29) is 23.5 Å². The number of likely N-dealkylation sites (N-methyl/N-ethyl adjacent to an activating group) is 1. The Morgan fingerprint density at radius 1 is 1.15 bits per heavy atom. The molecule has 40 heavy (non-hydrogen) atoms. The van der Waals surface area contributed by atoms with Crippen LogP contribution in [0.2, 0.25) is 0 Å². The summed E-state index contributed by atoms with van der Waals surface area (Å²) in [6.45, 7) is 0.205. The molecule has 1 heterocycles. The van der Waals surface area contributed by atoms with Gasteiger partial charge in [-0.2, -0.15) is 18.4 Å². The van der Waals surface area contributed by atoms with Crippen LogP contribution in [0.15, 0.2) is 60.8 Å². The summed E-state index contributed by atoms with van der Waals surface area (Å²) in [5, 5.41) is 11.7. The van der Waals surface area contributed by atoms with Crippen molar-refractivity contribution in [1.82, 2.24) is 10.3 Å². The van der Waals surface area contributed by atoms with E-state index in [1.807, 2.05) is 30.3 Å². The molecule has 0 unspecified atom stereocenters. The summed E-state index contributed by atoms with van der Waals surface area (Å²) in [5.41, 5.74) is -1.47. The van der Waals surface area contributed by atoms with E-state index in [1.165, 1.54) is 35.6 Å². The molecule has 0 radical (unpaired) electrons. The number of pyridine rings is 1. The maximum atomic E-state index is 15.1. The first-order chi connectivity index (χ1) is 19.0. The Morgan fingerprint density at radius 3 is 2.40 bits per heavy atom. The van der Waals surface area contributed by atoms with Crippen molar-refractivity contribution in [2.24, 2.45) is 0 Å². The molecule has 2 aromatic carbocycles. The lowest BCUT2D eigenvalue weighted by molar-refractivity contribution is -0.138. The van der Waals surface area contributed by atoms with Crippen molar-refractivity contribution in [1.29, 1.82) is 5.26 Å². The van der Waals surface area contributed by atoms with E-state index < -0.39 is 40.6 Å². The van der Waals surface area contributed by atoms with Gasteiger partial charge in [0.1, 0.15) is 17.4 Å². The molecular formula is C28H23F4N5O2S. The molecule has 0 saturated heterocycles. The van der Waals surface area contributed by atoms with Crippen molar-refractivity contribution in [3.05, 3.63) is 89.0 Å². The topological polar surface area (TPSA) is 89.3 Å². The molecule has 4 rings (SSSR count). The number of alkyl halides is 3. The molecular weight excluding hydrogens is 546 g/mol. The number of aromatic nitrogens is 1. The third-order valence-electron chi connectivity index (χ3n) is 6.89. The van der Waals surface area contributed by atoms with Crippen LogP contribution in [-0.4, -0.2) is 34.9 Å². The SMILES string of the molecule is CN(C(=O)C1(N(C=S)c2ccc(C(=O)NCc3ccccc3)c(F)c2)CCC1)c1cnc(C#N)c(C(F)(F)F)c1. The molecule has 206 valence electrons. The van der Waals surface area contributed by atoms with Gasteiger partial charge in [0, 0.05) is 19.3 Å². The third-order valence-corrected chi connectivity index (χ3v) is 7.10. The zero-order chi connectivity index (χ0) is 29.1. The van der Waals surface area contributed by atoms with Gasteiger partial charge in [0.2, 0.25) is 0 Å². The zero-order valence-corrected chi connectivity index (χ0v) is 22.0. The van der Waals surface area contributed by atoms with Crippen molar-refractivity contribution >= 4 is 40.9 Å². The predicted octanol–water partition coefficient (Wildman–Crippen LogP) is 5.39. The summed E-state index contributed by atoms with van der Waals surface area (Å²) in [4.78, 5) is 32.3. The second-order valence-electron chi connectivity index (χ2n) is 9.26. The summed E-state index contributed by atoms with van der Waals surface area (Å²) in [5.74, 6) is -2.03. The number of halogens is 4. The Morgan fingerprint density at radius 2 is 1.85 bits per heavy atom. The minimum absolute atomic E-state index is 0.163. The van der Waals surface area contributed by atoms with Crippen molar-refractivity contribution in [2.45, 2.75) is 37.5 Å². The third kappa shape index (κ3) is 5.51. The monoisotopic (exact) mass is 569 g/mol. The highest BCUT2D eigenvalue weighted by Crippen LogP contribution is 2.43. The molecule has 3 aromatic rings. The Kier molecular flexibility index (Phi) is 8.16. The molecule has 0 atom stereocenters. The first-order valence-corrected chi connectivity index (χ1v) is 12.6. The van der Waals surface area contributed by atoms with Gasteiger partial charge in [-0.3, -0.25) is 9.59 Å². The van der Waals surface area contributed by atoms with Crippen LogP contribution in [-0.2, 0) is 17.5 Å². The minimum Gasteiger partial charge on any atom is -0.348 e. The van der Waals surface area contributed by atoms with Crippen LogP contribution in [0.1, 0.15) is 46.4 Å². The van der Waals surface area contributed by atoms with Gasteiger partial charge in [-0.15, -0.1) is 0 Å². The van der Waals surface area contributed by atoms with Gasteiger partial charge in [0.15, 0.2) is 5.69 Å². The van der Waals surface area contributed by atoms with Crippen molar-refractivity contribution in [2.75, 3.05) is 16.8 Å². The number of carbonyl (C=O) groups excluding carboxylic acids is 2. The fourth-order valence-electron chi connectivity index (χ4n) is 4.56. The molecule has 0 bridgehead atoms. The van der Waals surface area contributed by atoms with Crippen molar-refractivity contribution < 1.29 is 27.2 Å². The number of thiocarbonyl (C=S) groups is 1. The Balaban J connectivity index is 1.59. The number of benzene rings is 2. The summed E-state index contributed by atoms with van der Waals surface area (Å²) < 4.78 is 55.5. The molecule has 0 aliphatic heterocycles. The molecule has 2 amide bonds. The maximum Gasteiger partial charge on any atom is 0.419 e. The van der Waals surface area contributed by atoms with Crippen LogP contribution in [0.3, 0.4) is 0 Å². The molecule has 7 nitrogen and oxygen atoms in total. The van der Waals surface area contributed by atoms with Gasteiger partial charge in [-0.1, -0.05) is 42.5 Å². The number of nitriles is 1. The van der Waals surface area contributed by atoms with Gasteiger partial charge in [0.25, 0.3) is 11.8 Å². The normalized spacial score (nSPS) is 13.9. The average Bonchev–Trinajstić information content (AvgIpc) is 2.92. The smallest absolute Gasteiger partial charge is 0.348 e. The molecule has 1 saturated carbocycles. The Labute approximate surface area is 233 Å². The first-order valence-electron chi connectivity index (χ1n) is 12.1. The fraction of sp³-hybridized carbons (Fsp3) is 0.250. The molecule has 12 heteroatoms. The Bertz CT molecular complexity index is 1490. The van der Waals surface area contributed by atoms with E-state index >= 15 is 4.39 Å². The standard InChI is InChI=1S/C28H23F4N5O2S/c1-36(20-12-22(28(30,31)32)24(14-33)34-16-20)26(39)27(10-5-11-27)37(17-40)19-8-9-21(23(29)13-19)25(38)35-15-18-6-3-2-4-7-18/h2-4,6-9,12-13,16-17H,5,10-11,15H2,1H3,(H,35,38). The van der Waals surface area contributed by atoms with Crippen LogP contribution in [0.25, 0.3) is 0 Å².